The molecule has 3 rings (SSSR count). The van der Waals surface area contributed by atoms with Crippen LogP contribution in [0.1, 0.15) is 19.8 Å². The first-order valence-corrected chi connectivity index (χ1v) is 5.79. The van der Waals surface area contributed by atoms with Gasteiger partial charge < -0.3 is 4.90 Å². The summed E-state index contributed by atoms with van der Waals surface area (Å²) in [6.45, 7) is 2.29. The Balaban J connectivity index is 2.00. The van der Waals surface area contributed by atoms with Crippen molar-refractivity contribution in [2.24, 2.45) is 5.92 Å². The number of rotatable bonds is 3. The minimum absolute atomic E-state index is 0.591. The number of pyridine rings is 1. The van der Waals surface area contributed by atoms with Crippen LogP contribution in [-0.2, 0) is 0 Å². The molecule has 4 heteroatoms. The second-order valence-electron chi connectivity index (χ2n) is 4.63. The van der Waals surface area contributed by atoms with E-state index in [1.807, 2.05) is 16.5 Å². The number of nitrogens with zero attached hydrogens (tertiary/aromatic N) is 4. The maximum absolute atomic E-state index is 4.07. The molecule has 84 valence electrons. The molecule has 0 N–H and O–H groups in total. The van der Waals surface area contributed by atoms with Gasteiger partial charge in [-0.15, -0.1) is 10.2 Å². The highest BCUT2D eigenvalue weighted by Gasteiger charge is 2.31. The van der Waals surface area contributed by atoms with Gasteiger partial charge in [-0.05, 0) is 37.8 Å². The Kier molecular flexibility index (Phi) is 2.09. The second-order valence-corrected chi connectivity index (χ2v) is 4.63. The van der Waals surface area contributed by atoms with E-state index in [1.54, 1.807) is 6.33 Å². The maximum Gasteiger partial charge on any atom is 0.162 e. The predicted molar refractivity (Wildman–Crippen MR) is 63.6 cm³/mol. The van der Waals surface area contributed by atoms with Crippen molar-refractivity contribution >= 4 is 11.5 Å². The molecule has 16 heavy (non-hydrogen) atoms. The standard InChI is InChI=1S/C12H16N4/c1-9(10-6-7-10)15(2)12-5-3-4-11-14-13-8-16(11)12/h3-5,8-10H,6-7H2,1-2H3. The van der Waals surface area contributed by atoms with Crippen LogP contribution in [0.25, 0.3) is 5.65 Å². The van der Waals surface area contributed by atoms with Crippen LogP contribution in [0.15, 0.2) is 24.5 Å². The Morgan fingerprint density at radius 2 is 2.25 bits per heavy atom. The summed E-state index contributed by atoms with van der Waals surface area (Å²) in [6.07, 6.45) is 4.51. The van der Waals surface area contributed by atoms with Crippen LogP contribution in [0.3, 0.4) is 0 Å². The van der Waals surface area contributed by atoms with Gasteiger partial charge in [0.05, 0.1) is 0 Å². The van der Waals surface area contributed by atoms with E-state index in [4.69, 9.17) is 0 Å². The fourth-order valence-electron chi connectivity index (χ4n) is 2.23. The van der Waals surface area contributed by atoms with Crippen LogP contribution in [0.5, 0.6) is 0 Å². The summed E-state index contributed by atoms with van der Waals surface area (Å²) in [7, 11) is 2.15. The van der Waals surface area contributed by atoms with Crippen molar-refractivity contribution in [3.8, 4) is 0 Å². The summed E-state index contributed by atoms with van der Waals surface area (Å²) in [5.74, 6) is 2.03. The van der Waals surface area contributed by atoms with Crippen molar-refractivity contribution in [3.05, 3.63) is 24.5 Å². The highest BCUT2D eigenvalue weighted by Crippen LogP contribution is 2.36. The Bertz CT molecular complexity index is 500. The number of hydrogen-bond acceptors (Lipinski definition) is 3. The molecule has 1 fully saturated rings. The zero-order chi connectivity index (χ0) is 11.1. The first-order chi connectivity index (χ1) is 7.77. The topological polar surface area (TPSA) is 33.4 Å². The molecule has 0 saturated heterocycles. The zero-order valence-corrected chi connectivity index (χ0v) is 9.67. The van der Waals surface area contributed by atoms with E-state index in [0.717, 1.165) is 11.6 Å². The molecule has 1 saturated carbocycles. The van der Waals surface area contributed by atoms with Crippen LogP contribution in [0.4, 0.5) is 5.82 Å². The summed E-state index contributed by atoms with van der Waals surface area (Å²) in [6, 6.07) is 6.73. The monoisotopic (exact) mass is 216 g/mol. The van der Waals surface area contributed by atoms with E-state index in [0.29, 0.717) is 6.04 Å². The molecule has 0 amide bonds. The maximum atomic E-state index is 4.07. The number of anilines is 1. The van der Waals surface area contributed by atoms with Gasteiger partial charge in [-0.3, -0.25) is 4.40 Å². The molecular weight excluding hydrogens is 200 g/mol. The highest BCUT2D eigenvalue weighted by atomic mass is 15.3. The highest BCUT2D eigenvalue weighted by molar-refractivity contribution is 5.50. The van der Waals surface area contributed by atoms with E-state index in [2.05, 4.69) is 35.1 Å². The number of aromatic nitrogens is 3. The van der Waals surface area contributed by atoms with E-state index in [-0.39, 0.29) is 0 Å². The van der Waals surface area contributed by atoms with Crippen LogP contribution < -0.4 is 4.90 Å². The van der Waals surface area contributed by atoms with Crippen molar-refractivity contribution in [1.29, 1.82) is 0 Å². The Hall–Kier alpha value is -1.58. The number of fused-ring (bicyclic) bond motifs is 1. The normalized spacial score (nSPS) is 17.6. The minimum atomic E-state index is 0.591. The quantitative estimate of drug-likeness (QED) is 0.786. The molecular formula is C12H16N4. The largest absolute Gasteiger partial charge is 0.358 e. The molecule has 2 aromatic rings. The fourth-order valence-corrected chi connectivity index (χ4v) is 2.23. The van der Waals surface area contributed by atoms with Crippen LogP contribution in [-0.4, -0.2) is 27.7 Å². The molecule has 0 radical (unpaired) electrons. The Morgan fingerprint density at radius 1 is 1.44 bits per heavy atom. The number of hydrogen-bond donors (Lipinski definition) is 0. The molecule has 0 aliphatic heterocycles. The van der Waals surface area contributed by atoms with Crippen LogP contribution in [0, 0.1) is 5.92 Å². The summed E-state index contributed by atoms with van der Waals surface area (Å²) in [5, 5.41) is 8.02. The summed E-state index contributed by atoms with van der Waals surface area (Å²) >= 11 is 0. The molecule has 1 unspecified atom stereocenters. The fraction of sp³-hybridized carbons (Fsp3) is 0.500. The molecule has 1 atom stereocenters. The van der Waals surface area contributed by atoms with E-state index < -0.39 is 0 Å². The van der Waals surface area contributed by atoms with E-state index in [1.165, 1.54) is 18.7 Å². The lowest BCUT2D eigenvalue weighted by Gasteiger charge is -2.27. The van der Waals surface area contributed by atoms with Crippen molar-refractivity contribution in [2.75, 3.05) is 11.9 Å². The van der Waals surface area contributed by atoms with E-state index in [9.17, 15) is 0 Å². The van der Waals surface area contributed by atoms with Gasteiger partial charge in [0.2, 0.25) is 0 Å². The summed E-state index contributed by atoms with van der Waals surface area (Å²) in [4.78, 5) is 2.33. The lowest BCUT2D eigenvalue weighted by atomic mass is 10.2. The Labute approximate surface area is 94.9 Å². The molecule has 1 aliphatic rings. The third-order valence-electron chi connectivity index (χ3n) is 3.59. The van der Waals surface area contributed by atoms with Crippen molar-refractivity contribution in [2.45, 2.75) is 25.8 Å². The van der Waals surface area contributed by atoms with Gasteiger partial charge in [0.15, 0.2) is 5.65 Å². The summed E-state index contributed by atoms with van der Waals surface area (Å²) < 4.78 is 2.04. The van der Waals surface area contributed by atoms with Gasteiger partial charge in [0.1, 0.15) is 12.1 Å². The van der Waals surface area contributed by atoms with Crippen LogP contribution in [0.2, 0.25) is 0 Å². The second kappa shape index (κ2) is 3.47. The van der Waals surface area contributed by atoms with Crippen LogP contribution >= 0.6 is 0 Å². The molecule has 0 bridgehead atoms. The Morgan fingerprint density at radius 3 is 3.00 bits per heavy atom. The van der Waals surface area contributed by atoms with Gasteiger partial charge in [0, 0.05) is 13.1 Å². The average molecular weight is 216 g/mol. The first-order valence-electron chi connectivity index (χ1n) is 5.79. The lowest BCUT2D eigenvalue weighted by Crippen LogP contribution is -2.31. The van der Waals surface area contributed by atoms with Crippen molar-refractivity contribution in [3.63, 3.8) is 0 Å². The van der Waals surface area contributed by atoms with Gasteiger partial charge in [-0.1, -0.05) is 6.07 Å². The predicted octanol–water partition coefficient (Wildman–Crippen LogP) is 1.96. The average Bonchev–Trinajstić information content (AvgIpc) is 3.04. The molecule has 0 aromatic carbocycles. The SMILES string of the molecule is CC(C1CC1)N(C)c1cccc2nncn12. The molecule has 4 nitrogen and oxygen atoms in total. The summed E-state index contributed by atoms with van der Waals surface area (Å²) in [5.41, 5.74) is 0.910. The molecule has 0 spiro atoms. The van der Waals surface area contributed by atoms with Gasteiger partial charge >= 0.3 is 0 Å². The molecule has 1 aliphatic carbocycles. The van der Waals surface area contributed by atoms with Gasteiger partial charge in [-0.25, -0.2) is 0 Å². The smallest absolute Gasteiger partial charge is 0.162 e. The third kappa shape index (κ3) is 1.45. The van der Waals surface area contributed by atoms with Gasteiger partial charge in [-0.2, -0.15) is 0 Å². The van der Waals surface area contributed by atoms with E-state index >= 15 is 0 Å². The van der Waals surface area contributed by atoms with Crippen molar-refractivity contribution < 1.29 is 0 Å². The third-order valence-corrected chi connectivity index (χ3v) is 3.59. The molecule has 2 aromatic heterocycles. The van der Waals surface area contributed by atoms with Gasteiger partial charge in [0.25, 0.3) is 0 Å². The first kappa shape index (κ1) is 9.63. The minimum Gasteiger partial charge on any atom is -0.358 e. The lowest BCUT2D eigenvalue weighted by molar-refractivity contribution is 0.601. The zero-order valence-electron chi connectivity index (χ0n) is 9.67. The van der Waals surface area contributed by atoms with Crippen molar-refractivity contribution in [1.82, 2.24) is 14.6 Å². The molecule has 2 heterocycles.